The SMILES string of the molecule is CCOC(=O)C1=C(N)Oc2c(c(=O)[nH]c3c(C)cccc23)C1c1ccccc1. The molecule has 1 atom stereocenters. The second-order valence-corrected chi connectivity index (χ2v) is 6.64. The predicted octanol–water partition coefficient (Wildman–Crippen LogP) is 3.09. The zero-order valence-electron chi connectivity index (χ0n) is 15.6. The number of carbonyl (C=O) groups is 1. The fraction of sp³-hybridized carbons (Fsp3) is 0.182. The van der Waals surface area contributed by atoms with Gasteiger partial charge in [-0.25, -0.2) is 4.79 Å². The van der Waals surface area contributed by atoms with E-state index in [-0.39, 0.29) is 23.6 Å². The molecule has 0 radical (unpaired) electrons. The van der Waals surface area contributed by atoms with Crippen molar-refractivity contribution in [3.8, 4) is 5.75 Å². The molecule has 0 saturated carbocycles. The number of nitrogens with one attached hydrogen (secondary N) is 1. The molecule has 4 rings (SSSR count). The minimum atomic E-state index is -0.683. The Balaban J connectivity index is 2.06. The van der Waals surface area contributed by atoms with Crippen LogP contribution in [0.15, 0.2) is 64.8 Å². The van der Waals surface area contributed by atoms with Crippen LogP contribution < -0.4 is 16.0 Å². The van der Waals surface area contributed by atoms with E-state index >= 15 is 0 Å². The molecule has 0 spiro atoms. The third kappa shape index (κ3) is 2.74. The third-order valence-electron chi connectivity index (χ3n) is 4.93. The molecule has 3 aromatic rings. The van der Waals surface area contributed by atoms with E-state index in [0.717, 1.165) is 16.5 Å². The number of aromatic amines is 1. The van der Waals surface area contributed by atoms with Gasteiger partial charge in [0, 0.05) is 5.39 Å². The van der Waals surface area contributed by atoms with Crippen LogP contribution in [0.4, 0.5) is 0 Å². The summed E-state index contributed by atoms with van der Waals surface area (Å²) in [5.74, 6) is -0.948. The van der Waals surface area contributed by atoms with Gasteiger partial charge in [0.05, 0.1) is 23.6 Å². The van der Waals surface area contributed by atoms with E-state index in [1.165, 1.54) is 0 Å². The van der Waals surface area contributed by atoms with Crippen molar-refractivity contribution >= 4 is 16.9 Å². The molecule has 6 nitrogen and oxygen atoms in total. The van der Waals surface area contributed by atoms with Gasteiger partial charge in [-0.2, -0.15) is 0 Å². The van der Waals surface area contributed by atoms with Crippen molar-refractivity contribution in [3.05, 3.63) is 87.0 Å². The second kappa shape index (κ2) is 6.88. The highest BCUT2D eigenvalue weighted by Gasteiger charge is 2.38. The minimum absolute atomic E-state index is 0.0480. The number of ether oxygens (including phenoxy) is 2. The van der Waals surface area contributed by atoms with Gasteiger partial charge < -0.3 is 20.2 Å². The van der Waals surface area contributed by atoms with Gasteiger partial charge in [-0.1, -0.05) is 42.5 Å². The van der Waals surface area contributed by atoms with Gasteiger partial charge in [0.25, 0.3) is 5.56 Å². The van der Waals surface area contributed by atoms with Crippen molar-refractivity contribution in [3.63, 3.8) is 0 Å². The van der Waals surface area contributed by atoms with Crippen LogP contribution in [0.2, 0.25) is 0 Å². The molecular weight excluding hydrogens is 356 g/mol. The van der Waals surface area contributed by atoms with Gasteiger partial charge >= 0.3 is 5.97 Å². The largest absolute Gasteiger partial charge is 0.462 e. The Bertz CT molecular complexity index is 1160. The number of aryl methyl sites for hydroxylation is 1. The zero-order valence-corrected chi connectivity index (χ0v) is 15.6. The van der Waals surface area contributed by atoms with Crippen LogP contribution in [-0.4, -0.2) is 17.6 Å². The molecule has 3 N–H and O–H groups in total. The Morgan fingerprint density at radius 1 is 1.18 bits per heavy atom. The van der Waals surface area contributed by atoms with Gasteiger partial charge in [-0.3, -0.25) is 4.79 Å². The van der Waals surface area contributed by atoms with Gasteiger partial charge in [0.15, 0.2) is 0 Å². The van der Waals surface area contributed by atoms with Crippen LogP contribution in [-0.2, 0) is 9.53 Å². The van der Waals surface area contributed by atoms with E-state index in [9.17, 15) is 9.59 Å². The van der Waals surface area contributed by atoms with Gasteiger partial charge in [0.1, 0.15) is 11.3 Å². The fourth-order valence-electron chi connectivity index (χ4n) is 3.68. The summed E-state index contributed by atoms with van der Waals surface area (Å²) < 4.78 is 11.0. The normalized spacial score (nSPS) is 15.9. The van der Waals surface area contributed by atoms with Crippen molar-refractivity contribution in [2.24, 2.45) is 5.73 Å². The lowest BCUT2D eigenvalue weighted by Crippen LogP contribution is -2.32. The maximum Gasteiger partial charge on any atom is 0.340 e. The Morgan fingerprint density at radius 2 is 1.93 bits per heavy atom. The maximum absolute atomic E-state index is 13.1. The van der Waals surface area contributed by atoms with Crippen LogP contribution in [0.1, 0.15) is 29.5 Å². The standard InChI is InChI=1S/C22H20N2O4/c1-3-27-22(26)17-15(13-9-5-4-6-10-13)16-19(28-20(17)23)14-11-7-8-12(2)18(14)24-21(16)25/h4-11,15H,3,23H2,1-2H3,(H,24,25). The quantitative estimate of drug-likeness (QED) is 0.685. The van der Waals surface area contributed by atoms with E-state index in [4.69, 9.17) is 15.2 Å². The topological polar surface area (TPSA) is 94.4 Å². The van der Waals surface area contributed by atoms with E-state index < -0.39 is 11.9 Å². The average molecular weight is 376 g/mol. The summed E-state index contributed by atoms with van der Waals surface area (Å²) >= 11 is 0. The maximum atomic E-state index is 13.1. The van der Waals surface area contributed by atoms with E-state index in [1.807, 2.05) is 55.5 Å². The third-order valence-corrected chi connectivity index (χ3v) is 4.93. The highest BCUT2D eigenvalue weighted by molar-refractivity contribution is 5.95. The first-order valence-corrected chi connectivity index (χ1v) is 9.08. The number of rotatable bonds is 3. The molecular formula is C22H20N2O4. The number of para-hydroxylation sites is 1. The molecule has 0 aliphatic carbocycles. The Hall–Kier alpha value is -3.54. The lowest BCUT2D eigenvalue weighted by molar-refractivity contribution is -0.139. The predicted molar refractivity (Wildman–Crippen MR) is 106 cm³/mol. The summed E-state index contributed by atoms with van der Waals surface area (Å²) in [6.45, 7) is 3.82. The molecule has 1 aromatic heterocycles. The number of hydrogen-bond acceptors (Lipinski definition) is 5. The first-order valence-electron chi connectivity index (χ1n) is 9.08. The minimum Gasteiger partial charge on any atom is -0.462 e. The lowest BCUT2D eigenvalue weighted by atomic mass is 9.83. The van der Waals surface area contributed by atoms with Crippen LogP contribution >= 0.6 is 0 Å². The second-order valence-electron chi connectivity index (χ2n) is 6.64. The summed E-state index contributed by atoms with van der Waals surface area (Å²) in [5.41, 5.74) is 8.70. The molecule has 1 aliphatic heterocycles. The number of esters is 1. The van der Waals surface area contributed by atoms with E-state index in [0.29, 0.717) is 16.8 Å². The Labute approximate surface area is 161 Å². The molecule has 1 aliphatic rings. The lowest BCUT2D eigenvalue weighted by Gasteiger charge is -2.28. The first kappa shape index (κ1) is 17.9. The molecule has 2 aromatic carbocycles. The van der Waals surface area contributed by atoms with Crippen LogP contribution in [0.25, 0.3) is 10.9 Å². The van der Waals surface area contributed by atoms with Crippen molar-refractivity contribution in [1.82, 2.24) is 4.98 Å². The molecule has 2 heterocycles. The summed E-state index contributed by atoms with van der Waals surface area (Å²) in [6.07, 6.45) is 0. The number of H-pyrrole nitrogens is 1. The number of carbonyl (C=O) groups excluding carboxylic acids is 1. The smallest absolute Gasteiger partial charge is 0.340 e. The van der Waals surface area contributed by atoms with Crippen LogP contribution in [0, 0.1) is 6.92 Å². The van der Waals surface area contributed by atoms with Crippen LogP contribution in [0.3, 0.4) is 0 Å². The summed E-state index contributed by atoms with van der Waals surface area (Å²) in [4.78, 5) is 28.7. The molecule has 0 amide bonds. The first-order chi connectivity index (χ1) is 13.5. The average Bonchev–Trinajstić information content (AvgIpc) is 2.69. The van der Waals surface area contributed by atoms with Gasteiger partial charge in [-0.15, -0.1) is 0 Å². The van der Waals surface area contributed by atoms with E-state index in [1.54, 1.807) is 6.92 Å². The zero-order chi connectivity index (χ0) is 19.8. The molecule has 1 unspecified atom stereocenters. The van der Waals surface area contributed by atoms with Crippen molar-refractivity contribution in [1.29, 1.82) is 0 Å². The van der Waals surface area contributed by atoms with Crippen molar-refractivity contribution in [2.75, 3.05) is 6.61 Å². The fourth-order valence-corrected chi connectivity index (χ4v) is 3.68. The monoisotopic (exact) mass is 376 g/mol. The number of pyridine rings is 1. The molecule has 6 heteroatoms. The van der Waals surface area contributed by atoms with Gasteiger partial charge in [-0.05, 0) is 31.0 Å². The summed E-state index contributed by atoms with van der Waals surface area (Å²) in [6, 6.07) is 14.9. The number of fused-ring (bicyclic) bond motifs is 3. The molecule has 142 valence electrons. The Kier molecular flexibility index (Phi) is 4.39. The van der Waals surface area contributed by atoms with Crippen molar-refractivity contribution in [2.45, 2.75) is 19.8 Å². The van der Waals surface area contributed by atoms with E-state index in [2.05, 4.69) is 4.98 Å². The molecule has 0 bridgehead atoms. The highest BCUT2D eigenvalue weighted by atomic mass is 16.5. The molecule has 0 fully saturated rings. The summed E-state index contributed by atoms with van der Waals surface area (Å²) in [7, 11) is 0. The highest BCUT2D eigenvalue weighted by Crippen LogP contribution is 2.43. The number of benzene rings is 2. The summed E-state index contributed by atoms with van der Waals surface area (Å²) in [5, 5.41) is 0.737. The van der Waals surface area contributed by atoms with Gasteiger partial charge in [0.2, 0.25) is 5.88 Å². The van der Waals surface area contributed by atoms with Crippen LogP contribution in [0.5, 0.6) is 5.75 Å². The molecule has 0 saturated heterocycles. The number of hydrogen-bond donors (Lipinski definition) is 2. The molecule has 28 heavy (non-hydrogen) atoms. The number of nitrogens with two attached hydrogens (primary N) is 1. The van der Waals surface area contributed by atoms with Crippen molar-refractivity contribution < 1.29 is 14.3 Å². The Morgan fingerprint density at radius 3 is 2.64 bits per heavy atom. The number of aromatic nitrogens is 1.